The second-order valence-corrected chi connectivity index (χ2v) is 6.53. The Morgan fingerprint density at radius 2 is 1.79 bits per heavy atom. The first-order valence-corrected chi connectivity index (χ1v) is 7.76. The van der Waals surface area contributed by atoms with Crippen molar-refractivity contribution >= 4 is 5.91 Å². The maximum Gasteiger partial charge on any atom is 0.236 e. The van der Waals surface area contributed by atoms with E-state index in [1.54, 1.807) is 0 Å². The molecule has 1 aliphatic heterocycles. The number of likely N-dealkylation sites (N-methyl/N-ethyl adjacent to an activating group) is 1. The van der Waals surface area contributed by atoms with Crippen LogP contribution in [0, 0.1) is 11.8 Å². The van der Waals surface area contributed by atoms with Gasteiger partial charge in [0.05, 0.1) is 6.54 Å². The van der Waals surface area contributed by atoms with E-state index in [1.807, 2.05) is 4.90 Å². The third kappa shape index (κ3) is 4.18. The van der Waals surface area contributed by atoms with E-state index in [9.17, 15) is 4.79 Å². The quantitative estimate of drug-likeness (QED) is 0.834. The SMILES string of the molecule is CC1CCC(NCC(=O)N2CCN(C)CC2)CC1C. The molecule has 3 unspecified atom stereocenters. The summed E-state index contributed by atoms with van der Waals surface area (Å²) in [7, 11) is 2.12. The highest BCUT2D eigenvalue weighted by Gasteiger charge is 2.25. The number of nitrogens with zero attached hydrogens (tertiary/aromatic N) is 2. The molecule has 1 amide bonds. The second kappa shape index (κ2) is 6.71. The standard InChI is InChI=1S/C15H29N3O/c1-12-4-5-14(10-13(12)2)16-11-15(19)18-8-6-17(3)7-9-18/h12-14,16H,4-11H2,1-3H3. The van der Waals surface area contributed by atoms with Crippen LogP contribution in [0.1, 0.15) is 33.1 Å². The lowest BCUT2D eigenvalue weighted by molar-refractivity contribution is -0.132. The summed E-state index contributed by atoms with van der Waals surface area (Å²) in [5, 5.41) is 3.48. The molecule has 1 heterocycles. The predicted molar refractivity (Wildman–Crippen MR) is 78.0 cm³/mol. The molecule has 1 N–H and O–H groups in total. The van der Waals surface area contributed by atoms with E-state index in [-0.39, 0.29) is 5.91 Å². The number of hydrogen-bond acceptors (Lipinski definition) is 3. The average Bonchev–Trinajstić information content (AvgIpc) is 2.40. The lowest BCUT2D eigenvalue weighted by Crippen LogP contribution is -2.50. The summed E-state index contributed by atoms with van der Waals surface area (Å²) in [4.78, 5) is 16.4. The van der Waals surface area contributed by atoms with E-state index in [4.69, 9.17) is 0 Å². The highest BCUT2D eigenvalue weighted by Crippen LogP contribution is 2.29. The van der Waals surface area contributed by atoms with Crippen molar-refractivity contribution in [1.82, 2.24) is 15.1 Å². The van der Waals surface area contributed by atoms with Crippen LogP contribution in [-0.4, -0.2) is 61.5 Å². The lowest BCUT2D eigenvalue weighted by atomic mass is 9.79. The van der Waals surface area contributed by atoms with Gasteiger partial charge >= 0.3 is 0 Å². The van der Waals surface area contributed by atoms with Gasteiger partial charge in [0.25, 0.3) is 0 Å². The molecule has 0 radical (unpaired) electrons. The Hall–Kier alpha value is -0.610. The number of carbonyl (C=O) groups is 1. The van der Waals surface area contributed by atoms with E-state index in [2.05, 4.69) is 31.1 Å². The molecule has 1 saturated heterocycles. The minimum atomic E-state index is 0.277. The third-order valence-corrected chi connectivity index (χ3v) is 5.00. The van der Waals surface area contributed by atoms with E-state index in [0.29, 0.717) is 12.6 Å². The van der Waals surface area contributed by atoms with Crippen LogP contribution in [0.15, 0.2) is 0 Å². The molecule has 19 heavy (non-hydrogen) atoms. The molecular weight excluding hydrogens is 238 g/mol. The van der Waals surface area contributed by atoms with Crippen molar-refractivity contribution < 1.29 is 4.79 Å². The van der Waals surface area contributed by atoms with Gasteiger partial charge in [-0.05, 0) is 38.1 Å². The molecule has 0 aromatic carbocycles. The number of hydrogen-bond donors (Lipinski definition) is 1. The first-order valence-electron chi connectivity index (χ1n) is 7.76. The monoisotopic (exact) mass is 267 g/mol. The summed E-state index contributed by atoms with van der Waals surface area (Å²) in [6.45, 7) is 8.98. The van der Waals surface area contributed by atoms with Crippen LogP contribution in [0.4, 0.5) is 0 Å². The van der Waals surface area contributed by atoms with Gasteiger partial charge in [-0.15, -0.1) is 0 Å². The zero-order chi connectivity index (χ0) is 13.8. The van der Waals surface area contributed by atoms with Crippen LogP contribution in [0.25, 0.3) is 0 Å². The smallest absolute Gasteiger partial charge is 0.236 e. The fraction of sp³-hybridized carbons (Fsp3) is 0.933. The fourth-order valence-electron chi connectivity index (χ4n) is 3.13. The van der Waals surface area contributed by atoms with Crippen LogP contribution in [0.2, 0.25) is 0 Å². The molecule has 0 bridgehead atoms. The lowest BCUT2D eigenvalue weighted by Gasteiger charge is -2.35. The number of rotatable bonds is 3. The fourth-order valence-corrected chi connectivity index (χ4v) is 3.13. The Labute approximate surface area is 117 Å². The van der Waals surface area contributed by atoms with E-state index in [0.717, 1.165) is 38.0 Å². The van der Waals surface area contributed by atoms with Crippen LogP contribution >= 0.6 is 0 Å². The Kier molecular flexibility index (Phi) is 5.22. The normalized spacial score (nSPS) is 33.4. The van der Waals surface area contributed by atoms with Gasteiger partial charge in [-0.25, -0.2) is 0 Å². The Morgan fingerprint density at radius 3 is 2.42 bits per heavy atom. The van der Waals surface area contributed by atoms with Gasteiger partial charge < -0.3 is 15.1 Å². The molecule has 0 aromatic rings. The summed E-state index contributed by atoms with van der Waals surface area (Å²) in [5.74, 6) is 1.90. The predicted octanol–water partition coefficient (Wildman–Crippen LogP) is 1.17. The van der Waals surface area contributed by atoms with Crippen LogP contribution < -0.4 is 5.32 Å². The maximum atomic E-state index is 12.1. The van der Waals surface area contributed by atoms with Gasteiger partial charge in [-0.1, -0.05) is 13.8 Å². The van der Waals surface area contributed by atoms with Gasteiger partial charge in [-0.3, -0.25) is 4.79 Å². The van der Waals surface area contributed by atoms with Crippen LogP contribution in [0.3, 0.4) is 0 Å². The first kappa shape index (κ1) is 14.8. The summed E-state index contributed by atoms with van der Waals surface area (Å²) >= 11 is 0. The number of amides is 1. The zero-order valence-corrected chi connectivity index (χ0v) is 12.7. The van der Waals surface area contributed by atoms with E-state index in [1.165, 1.54) is 19.3 Å². The Morgan fingerprint density at radius 1 is 1.11 bits per heavy atom. The molecule has 4 heteroatoms. The average molecular weight is 267 g/mol. The van der Waals surface area contributed by atoms with Crippen molar-refractivity contribution in [2.45, 2.75) is 39.2 Å². The maximum absolute atomic E-state index is 12.1. The summed E-state index contributed by atoms with van der Waals surface area (Å²) in [5.41, 5.74) is 0. The molecule has 3 atom stereocenters. The van der Waals surface area contributed by atoms with Crippen molar-refractivity contribution in [2.24, 2.45) is 11.8 Å². The molecule has 4 nitrogen and oxygen atoms in total. The molecule has 2 aliphatic rings. The molecule has 0 aromatic heterocycles. The minimum Gasteiger partial charge on any atom is -0.339 e. The van der Waals surface area contributed by atoms with Crippen LogP contribution in [-0.2, 0) is 4.79 Å². The number of nitrogens with one attached hydrogen (secondary N) is 1. The number of carbonyl (C=O) groups excluding carboxylic acids is 1. The zero-order valence-electron chi connectivity index (χ0n) is 12.7. The largest absolute Gasteiger partial charge is 0.339 e. The molecule has 0 spiro atoms. The summed E-state index contributed by atoms with van der Waals surface area (Å²) in [6.07, 6.45) is 3.74. The highest BCUT2D eigenvalue weighted by molar-refractivity contribution is 5.78. The first-order chi connectivity index (χ1) is 9.06. The molecule has 110 valence electrons. The molecule has 1 aliphatic carbocycles. The van der Waals surface area contributed by atoms with E-state index >= 15 is 0 Å². The molecule has 1 saturated carbocycles. The summed E-state index contributed by atoms with van der Waals surface area (Å²) in [6, 6.07) is 0.544. The van der Waals surface area contributed by atoms with Gasteiger partial charge in [0.2, 0.25) is 5.91 Å². The van der Waals surface area contributed by atoms with Crippen molar-refractivity contribution in [3.8, 4) is 0 Å². The number of piperazine rings is 1. The summed E-state index contributed by atoms with van der Waals surface area (Å²) < 4.78 is 0. The van der Waals surface area contributed by atoms with Crippen molar-refractivity contribution in [2.75, 3.05) is 39.8 Å². The molecule has 2 fully saturated rings. The molecular formula is C15H29N3O. The Balaban J connectivity index is 1.69. The van der Waals surface area contributed by atoms with Crippen molar-refractivity contribution in [3.05, 3.63) is 0 Å². The van der Waals surface area contributed by atoms with Crippen molar-refractivity contribution in [3.63, 3.8) is 0 Å². The van der Waals surface area contributed by atoms with Gasteiger partial charge in [0.1, 0.15) is 0 Å². The Bertz CT molecular complexity index is 300. The van der Waals surface area contributed by atoms with E-state index < -0.39 is 0 Å². The molecule has 2 rings (SSSR count). The van der Waals surface area contributed by atoms with Crippen LogP contribution in [0.5, 0.6) is 0 Å². The third-order valence-electron chi connectivity index (χ3n) is 5.00. The van der Waals surface area contributed by atoms with Gasteiger partial charge in [-0.2, -0.15) is 0 Å². The second-order valence-electron chi connectivity index (χ2n) is 6.53. The van der Waals surface area contributed by atoms with Gasteiger partial charge in [0.15, 0.2) is 0 Å². The van der Waals surface area contributed by atoms with Gasteiger partial charge in [0, 0.05) is 32.2 Å². The highest BCUT2D eigenvalue weighted by atomic mass is 16.2. The van der Waals surface area contributed by atoms with Crippen molar-refractivity contribution in [1.29, 1.82) is 0 Å². The topological polar surface area (TPSA) is 35.6 Å². The minimum absolute atomic E-state index is 0.277.